The van der Waals surface area contributed by atoms with Crippen LogP contribution in [0.15, 0.2) is 6.07 Å². The summed E-state index contributed by atoms with van der Waals surface area (Å²) in [5.41, 5.74) is 4.03. The van der Waals surface area contributed by atoms with E-state index >= 15 is 0 Å². The normalized spacial score (nSPS) is 10.8. The van der Waals surface area contributed by atoms with Crippen molar-refractivity contribution in [1.82, 2.24) is 9.97 Å². The number of aryl methyl sites for hydroxylation is 3. The second kappa shape index (κ2) is 4.33. The number of aromatic nitrogens is 2. The Labute approximate surface area is 103 Å². The molecule has 0 radical (unpaired) electrons. The Balaban J connectivity index is 2.40. The number of carboxylic acid groups (broad SMARTS) is 1. The summed E-state index contributed by atoms with van der Waals surface area (Å²) in [6.07, 6.45) is 0.0476. The first-order valence-corrected chi connectivity index (χ1v) is 6.13. The lowest BCUT2D eigenvalue weighted by atomic mass is 10.2. The fourth-order valence-electron chi connectivity index (χ4n) is 1.79. The van der Waals surface area contributed by atoms with Gasteiger partial charge in [0.1, 0.15) is 5.01 Å². The van der Waals surface area contributed by atoms with E-state index in [1.165, 1.54) is 11.3 Å². The Morgan fingerprint density at radius 1 is 1.47 bits per heavy atom. The Hall–Kier alpha value is -1.62. The van der Waals surface area contributed by atoms with Crippen LogP contribution in [0.5, 0.6) is 0 Å². The first-order chi connectivity index (χ1) is 7.97. The monoisotopic (exact) mass is 250 g/mol. The molecule has 5 heteroatoms. The number of carboxylic acids is 1. The number of hydrogen-bond acceptors (Lipinski definition) is 3. The van der Waals surface area contributed by atoms with Gasteiger partial charge in [-0.15, -0.1) is 11.3 Å². The predicted molar refractivity (Wildman–Crippen MR) is 67.5 cm³/mol. The highest BCUT2D eigenvalue weighted by atomic mass is 32.1. The number of nitrogens with zero attached hydrogens (tertiary/aromatic N) is 1. The van der Waals surface area contributed by atoms with Crippen molar-refractivity contribution < 1.29 is 9.90 Å². The number of carbonyl (C=O) groups is 1. The van der Waals surface area contributed by atoms with Gasteiger partial charge in [-0.1, -0.05) is 0 Å². The lowest BCUT2D eigenvalue weighted by Gasteiger charge is -1.92. The van der Waals surface area contributed by atoms with Gasteiger partial charge in [0.05, 0.1) is 12.1 Å². The largest absolute Gasteiger partial charge is 0.481 e. The van der Waals surface area contributed by atoms with E-state index in [9.17, 15) is 4.79 Å². The molecule has 0 unspecified atom stereocenters. The molecule has 2 rings (SSSR count). The number of hydrogen-bond donors (Lipinski definition) is 2. The summed E-state index contributed by atoms with van der Waals surface area (Å²) in [7, 11) is 0. The van der Waals surface area contributed by atoms with E-state index in [1.54, 1.807) is 0 Å². The number of nitrogens with one attached hydrogen (secondary N) is 1. The lowest BCUT2D eigenvalue weighted by Crippen LogP contribution is -1.99. The average Bonchev–Trinajstić information content (AvgIpc) is 2.70. The summed E-state index contributed by atoms with van der Waals surface area (Å²) < 4.78 is 0. The topological polar surface area (TPSA) is 66.0 Å². The molecule has 0 amide bonds. The zero-order valence-corrected chi connectivity index (χ0v) is 10.8. The van der Waals surface area contributed by atoms with E-state index < -0.39 is 5.97 Å². The van der Waals surface area contributed by atoms with Crippen LogP contribution in [0.1, 0.15) is 22.0 Å². The minimum atomic E-state index is -0.815. The van der Waals surface area contributed by atoms with Gasteiger partial charge in [0.25, 0.3) is 0 Å². The van der Waals surface area contributed by atoms with E-state index in [4.69, 9.17) is 5.11 Å². The van der Waals surface area contributed by atoms with Crippen LogP contribution < -0.4 is 0 Å². The molecule has 0 saturated heterocycles. The Bertz CT molecular complexity index is 569. The van der Waals surface area contributed by atoms with Gasteiger partial charge in [-0.2, -0.15) is 0 Å². The molecule has 2 N–H and O–H groups in total. The maximum absolute atomic E-state index is 10.7. The first-order valence-electron chi connectivity index (χ1n) is 5.32. The molecule has 0 saturated carbocycles. The van der Waals surface area contributed by atoms with Gasteiger partial charge >= 0.3 is 5.97 Å². The SMILES string of the molecule is Cc1cc(-c2nc(C)c(CC(=O)O)s2)c(C)[nH]1. The van der Waals surface area contributed by atoms with E-state index in [0.29, 0.717) is 0 Å². The van der Waals surface area contributed by atoms with Gasteiger partial charge in [0.15, 0.2) is 0 Å². The van der Waals surface area contributed by atoms with E-state index in [0.717, 1.165) is 32.5 Å². The van der Waals surface area contributed by atoms with Gasteiger partial charge in [-0.25, -0.2) is 4.98 Å². The quantitative estimate of drug-likeness (QED) is 0.880. The zero-order valence-electron chi connectivity index (χ0n) is 10.00. The van der Waals surface area contributed by atoms with Crippen molar-refractivity contribution in [2.75, 3.05) is 0 Å². The molecule has 0 spiro atoms. The van der Waals surface area contributed by atoms with Crippen molar-refractivity contribution >= 4 is 17.3 Å². The number of aromatic amines is 1. The third-order valence-electron chi connectivity index (χ3n) is 2.58. The molecule has 0 bridgehead atoms. The van der Waals surface area contributed by atoms with Gasteiger partial charge in [0, 0.05) is 21.8 Å². The van der Waals surface area contributed by atoms with Gasteiger partial charge in [-0.3, -0.25) is 4.79 Å². The van der Waals surface area contributed by atoms with Crippen LogP contribution in [0.3, 0.4) is 0 Å². The van der Waals surface area contributed by atoms with E-state index in [2.05, 4.69) is 9.97 Å². The highest BCUT2D eigenvalue weighted by Gasteiger charge is 2.14. The summed E-state index contributed by atoms with van der Waals surface area (Å²) >= 11 is 1.46. The third kappa shape index (κ3) is 2.39. The Morgan fingerprint density at radius 3 is 2.71 bits per heavy atom. The molecule has 4 nitrogen and oxygen atoms in total. The fraction of sp³-hybridized carbons (Fsp3) is 0.333. The van der Waals surface area contributed by atoms with Crippen molar-refractivity contribution in [3.05, 3.63) is 28.0 Å². The predicted octanol–water partition coefficient (Wildman–Crippen LogP) is 2.69. The number of H-pyrrole nitrogens is 1. The van der Waals surface area contributed by atoms with Gasteiger partial charge in [0.2, 0.25) is 0 Å². The number of aliphatic carboxylic acids is 1. The zero-order chi connectivity index (χ0) is 12.6. The second-order valence-electron chi connectivity index (χ2n) is 4.09. The molecule has 0 fully saturated rings. The van der Waals surface area contributed by atoms with Crippen molar-refractivity contribution in [2.24, 2.45) is 0 Å². The van der Waals surface area contributed by atoms with Crippen molar-refractivity contribution in [3.8, 4) is 10.6 Å². The van der Waals surface area contributed by atoms with Crippen LogP contribution in [0.25, 0.3) is 10.6 Å². The Morgan fingerprint density at radius 2 is 2.18 bits per heavy atom. The fourth-order valence-corrected chi connectivity index (χ4v) is 2.92. The molecule has 0 atom stereocenters. The molecule has 2 aromatic rings. The van der Waals surface area contributed by atoms with Gasteiger partial charge in [-0.05, 0) is 26.8 Å². The Kier molecular flexibility index (Phi) is 3.02. The number of rotatable bonds is 3. The smallest absolute Gasteiger partial charge is 0.308 e. The van der Waals surface area contributed by atoms with Crippen LogP contribution in [-0.4, -0.2) is 21.0 Å². The van der Waals surface area contributed by atoms with Crippen LogP contribution in [-0.2, 0) is 11.2 Å². The van der Waals surface area contributed by atoms with E-state index in [-0.39, 0.29) is 6.42 Å². The first kappa shape index (κ1) is 11.9. The molecule has 0 aliphatic rings. The minimum absolute atomic E-state index is 0.0476. The van der Waals surface area contributed by atoms with Crippen LogP contribution in [0, 0.1) is 20.8 Å². The lowest BCUT2D eigenvalue weighted by molar-refractivity contribution is -0.136. The molecule has 90 valence electrons. The standard InChI is InChI=1S/C12H14N2O2S/c1-6-4-9(7(2)13-6)12-14-8(3)10(17-12)5-11(15)16/h4,13H,5H2,1-3H3,(H,15,16). The molecular weight excluding hydrogens is 236 g/mol. The summed E-state index contributed by atoms with van der Waals surface area (Å²) in [5, 5.41) is 9.69. The van der Waals surface area contributed by atoms with E-state index in [1.807, 2.05) is 26.8 Å². The molecule has 0 aliphatic carbocycles. The summed E-state index contributed by atoms with van der Waals surface area (Å²) in [5.74, 6) is -0.815. The van der Waals surface area contributed by atoms with Gasteiger partial charge < -0.3 is 10.1 Å². The average molecular weight is 250 g/mol. The summed E-state index contributed by atoms with van der Waals surface area (Å²) in [6, 6.07) is 2.04. The molecular formula is C12H14N2O2S. The van der Waals surface area contributed by atoms with Crippen LogP contribution in [0.2, 0.25) is 0 Å². The second-order valence-corrected chi connectivity index (χ2v) is 5.17. The molecule has 0 aliphatic heterocycles. The molecule has 17 heavy (non-hydrogen) atoms. The van der Waals surface area contributed by atoms with Crippen molar-refractivity contribution in [3.63, 3.8) is 0 Å². The molecule has 2 heterocycles. The highest BCUT2D eigenvalue weighted by molar-refractivity contribution is 7.15. The van der Waals surface area contributed by atoms with Crippen LogP contribution >= 0.6 is 11.3 Å². The molecule has 2 aromatic heterocycles. The van der Waals surface area contributed by atoms with Crippen molar-refractivity contribution in [2.45, 2.75) is 27.2 Å². The number of thiazole rings is 1. The van der Waals surface area contributed by atoms with Crippen molar-refractivity contribution in [1.29, 1.82) is 0 Å². The maximum atomic E-state index is 10.7. The van der Waals surface area contributed by atoms with Crippen LogP contribution in [0.4, 0.5) is 0 Å². The maximum Gasteiger partial charge on any atom is 0.308 e. The highest BCUT2D eigenvalue weighted by Crippen LogP contribution is 2.30. The minimum Gasteiger partial charge on any atom is -0.481 e. The molecule has 0 aromatic carbocycles. The third-order valence-corrected chi connectivity index (χ3v) is 3.78. The summed E-state index contributed by atoms with van der Waals surface area (Å²) in [4.78, 5) is 19.2. The summed E-state index contributed by atoms with van der Waals surface area (Å²) in [6.45, 7) is 5.85.